The predicted octanol–water partition coefficient (Wildman–Crippen LogP) is 20.9. The van der Waals surface area contributed by atoms with E-state index in [-0.39, 0.29) is 39.1 Å². The SMILES string of the molecule is Cc1ccc(-c2cc(CC(C)C)c(CC(C)C)c[n+]2C)c(C)c1.Cc1ccccc1-c1cc(C(C)(C)C)c(C(C)(C)C)c[n+]1C.[2H]C([2H])([2H])c1ccc(-c2cc(C(C)(C)C)c(C(C)(C)C)c[n+]2C)c(C)c1.[2H]C([2H])([2H])c1ccc(-c2cc(C([2H])([2H])C(C)C)c(C([2H])([2H])C(C)C)c[n+]2C)c(C)c1. The van der Waals surface area contributed by atoms with Gasteiger partial charge in [-0.2, -0.15) is 0 Å². The number of rotatable bonds is 12. The molecule has 4 aromatic heterocycles. The van der Waals surface area contributed by atoms with Crippen molar-refractivity contribution in [2.45, 2.75) is 234 Å². The first-order valence-corrected chi connectivity index (χ1v) is 33.4. The molecule has 0 N–H and O–H groups in total. The van der Waals surface area contributed by atoms with Gasteiger partial charge in [-0.05, 0) is 188 Å². The number of aryl methyl sites for hydroxylation is 11. The Hall–Kier alpha value is -6.52. The Morgan fingerprint density at radius 1 is 0.330 bits per heavy atom. The number of hydrogen-bond donors (Lipinski definition) is 0. The zero-order chi connectivity index (χ0) is 77.2. The first-order valence-electron chi connectivity index (χ1n) is 38.4. The summed E-state index contributed by atoms with van der Waals surface area (Å²) in [5, 5.41) is 0. The summed E-state index contributed by atoms with van der Waals surface area (Å²) in [6.07, 6.45) is 7.47. The second-order valence-electron chi connectivity index (χ2n) is 31.6. The van der Waals surface area contributed by atoms with E-state index in [1.165, 1.54) is 72.6 Å². The molecular weight excluding hydrogens is 1100 g/mol. The fourth-order valence-electron chi connectivity index (χ4n) is 12.2. The van der Waals surface area contributed by atoms with Crippen molar-refractivity contribution in [2.24, 2.45) is 51.9 Å². The Bertz CT molecular complexity index is 4190. The topological polar surface area (TPSA) is 15.5 Å². The van der Waals surface area contributed by atoms with E-state index in [9.17, 15) is 0 Å². The van der Waals surface area contributed by atoms with Crippen LogP contribution >= 0.6 is 0 Å². The van der Waals surface area contributed by atoms with E-state index >= 15 is 0 Å². The van der Waals surface area contributed by atoms with E-state index in [0.29, 0.717) is 34.2 Å². The second-order valence-corrected chi connectivity index (χ2v) is 31.6. The van der Waals surface area contributed by atoms with E-state index in [0.717, 1.165) is 40.8 Å². The maximum absolute atomic E-state index is 8.70. The van der Waals surface area contributed by atoms with Crippen molar-refractivity contribution in [2.75, 3.05) is 0 Å². The molecular formula is C87H126N4+4. The molecule has 0 atom stereocenters. The normalized spacial score (nSPS) is 14.3. The summed E-state index contributed by atoms with van der Waals surface area (Å²) < 4.78 is 88.9. The number of benzene rings is 4. The van der Waals surface area contributed by atoms with Crippen LogP contribution in [0.4, 0.5) is 0 Å². The van der Waals surface area contributed by atoms with E-state index < -0.39 is 26.4 Å². The van der Waals surface area contributed by atoms with E-state index in [1.54, 1.807) is 81.9 Å². The van der Waals surface area contributed by atoms with E-state index in [2.05, 4.69) is 246 Å². The number of aromatic nitrogens is 4. The van der Waals surface area contributed by atoms with Crippen LogP contribution in [0.2, 0.25) is 0 Å². The minimum Gasteiger partial charge on any atom is -0.201 e. The molecule has 0 saturated carbocycles. The molecule has 0 fully saturated rings. The maximum Gasteiger partial charge on any atom is 0.212 e. The van der Waals surface area contributed by atoms with Gasteiger partial charge in [0.05, 0.1) is 0 Å². The number of hydrogen-bond acceptors (Lipinski definition) is 0. The summed E-state index contributed by atoms with van der Waals surface area (Å²) in [5.74, 6) is 0.692. The lowest BCUT2D eigenvalue weighted by atomic mass is 9.75. The van der Waals surface area contributed by atoms with Crippen molar-refractivity contribution in [3.63, 3.8) is 0 Å². The van der Waals surface area contributed by atoms with Crippen molar-refractivity contribution >= 4 is 0 Å². The Morgan fingerprint density at radius 2 is 0.648 bits per heavy atom. The molecule has 4 aromatic carbocycles. The standard InChI is InChI=1S/3C22H32N.C21H30N/c1-15-10-11-17(16(2)12-15)20-13-18(21(3,4)5)19(14-23(20)9)22(6,7)8;2*1-15(2)10-19-13-22(21-9-8-17(5)12-18(21)6)23(7)14-20(19)11-16(3)4;1-15-11-9-10-12-16(15)19-13-17(20(2,3)4)18(14-22(19)8)21(5,6)7/h10-14H,1-9H3;2*8-9,12-16H,10-11H2,1-7H3;9-14H,1-8H3/q4*+1/i1D3;5D3,10D2,11D2;;. The van der Waals surface area contributed by atoms with Crippen LogP contribution in [0.3, 0.4) is 0 Å². The summed E-state index contributed by atoms with van der Waals surface area (Å²) in [7, 11) is 8.20. The highest BCUT2D eigenvalue weighted by molar-refractivity contribution is 5.66. The average molecular weight is 1240 g/mol. The fraction of sp³-hybridized carbons (Fsp3) is 0.494. The Balaban J connectivity index is 0.000000244. The van der Waals surface area contributed by atoms with Gasteiger partial charge < -0.3 is 0 Å². The third-order valence-corrected chi connectivity index (χ3v) is 16.7. The van der Waals surface area contributed by atoms with Crippen LogP contribution in [0.25, 0.3) is 45.0 Å². The van der Waals surface area contributed by atoms with Crippen molar-refractivity contribution < 1.29 is 32.0 Å². The second kappa shape index (κ2) is 30.9. The molecule has 0 radical (unpaired) electrons. The summed E-state index contributed by atoms with van der Waals surface area (Å²) in [6, 6.07) is 34.6. The Labute approximate surface area is 571 Å². The summed E-state index contributed by atoms with van der Waals surface area (Å²) in [5.41, 5.74) is 25.0. The molecule has 4 heteroatoms. The van der Waals surface area contributed by atoms with Gasteiger partial charge in [-0.15, -0.1) is 0 Å². The van der Waals surface area contributed by atoms with Gasteiger partial charge >= 0.3 is 0 Å². The molecule has 0 bridgehead atoms. The highest BCUT2D eigenvalue weighted by Crippen LogP contribution is 2.38. The lowest BCUT2D eigenvalue weighted by Gasteiger charge is -2.29. The largest absolute Gasteiger partial charge is 0.212 e. The highest BCUT2D eigenvalue weighted by atomic mass is 14.9. The molecule has 0 unspecified atom stereocenters. The molecule has 0 aliphatic heterocycles. The van der Waals surface area contributed by atoms with Crippen molar-refractivity contribution in [3.05, 3.63) is 211 Å². The Kier molecular flexibility index (Phi) is 20.6. The van der Waals surface area contributed by atoms with Gasteiger partial charge in [0.25, 0.3) is 0 Å². The van der Waals surface area contributed by atoms with Crippen LogP contribution in [0.1, 0.15) is 236 Å². The van der Waals surface area contributed by atoms with Crippen LogP contribution in [-0.2, 0) is 75.4 Å². The van der Waals surface area contributed by atoms with Gasteiger partial charge in [-0.25, -0.2) is 18.3 Å². The third kappa shape index (κ3) is 20.7. The highest BCUT2D eigenvalue weighted by Gasteiger charge is 2.32. The van der Waals surface area contributed by atoms with Gasteiger partial charge in [0.1, 0.15) is 28.2 Å². The number of nitrogens with zero attached hydrogens (tertiary/aromatic N) is 4. The van der Waals surface area contributed by atoms with E-state index in [4.69, 9.17) is 13.7 Å². The smallest absolute Gasteiger partial charge is 0.201 e. The lowest BCUT2D eigenvalue weighted by molar-refractivity contribution is -0.661. The van der Waals surface area contributed by atoms with Gasteiger partial charge in [0.15, 0.2) is 24.8 Å². The van der Waals surface area contributed by atoms with Crippen LogP contribution < -0.4 is 18.3 Å². The summed E-state index contributed by atoms with van der Waals surface area (Å²) >= 11 is 0. The molecule has 0 aliphatic rings. The zero-order valence-corrected chi connectivity index (χ0v) is 62.1. The maximum atomic E-state index is 8.70. The van der Waals surface area contributed by atoms with Crippen LogP contribution in [0.5, 0.6) is 0 Å². The third-order valence-electron chi connectivity index (χ3n) is 16.7. The summed E-state index contributed by atoms with van der Waals surface area (Å²) in [6.45, 7) is 49.8. The van der Waals surface area contributed by atoms with Crippen molar-refractivity contribution in [1.82, 2.24) is 0 Å². The van der Waals surface area contributed by atoms with Crippen molar-refractivity contribution in [1.29, 1.82) is 0 Å². The molecule has 8 aromatic rings. The van der Waals surface area contributed by atoms with Gasteiger partial charge in [-0.1, -0.05) is 210 Å². The van der Waals surface area contributed by atoms with Crippen LogP contribution in [0, 0.1) is 72.0 Å². The van der Waals surface area contributed by atoms with Gasteiger partial charge in [0.2, 0.25) is 22.8 Å². The number of pyridine rings is 4. The molecule has 0 aliphatic carbocycles. The molecule has 4 heterocycles. The predicted molar refractivity (Wildman–Crippen MR) is 394 cm³/mol. The van der Waals surface area contributed by atoms with Crippen LogP contribution in [-0.4, -0.2) is 0 Å². The van der Waals surface area contributed by atoms with Crippen molar-refractivity contribution in [3.8, 4) is 45.0 Å². The first-order chi connectivity index (χ1) is 45.9. The Morgan fingerprint density at radius 3 is 1.01 bits per heavy atom. The monoisotopic (exact) mass is 1240 g/mol. The minimum atomic E-state index is -2.19. The van der Waals surface area contributed by atoms with E-state index in [1.807, 2.05) is 19.9 Å². The lowest BCUT2D eigenvalue weighted by Crippen LogP contribution is -2.36. The first kappa shape index (κ1) is 60.7. The molecule has 91 heavy (non-hydrogen) atoms. The molecule has 4 nitrogen and oxygen atoms in total. The fourth-order valence-corrected chi connectivity index (χ4v) is 12.2. The zero-order valence-electron chi connectivity index (χ0n) is 72.1. The molecule has 8 rings (SSSR count). The van der Waals surface area contributed by atoms with Crippen LogP contribution in [0.15, 0.2) is 128 Å². The molecule has 0 spiro atoms. The van der Waals surface area contributed by atoms with Gasteiger partial charge in [0, 0.05) is 82.5 Å². The molecule has 0 saturated heterocycles. The molecule has 490 valence electrons. The molecule has 0 amide bonds. The quantitative estimate of drug-likeness (QED) is 0.108. The minimum absolute atomic E-state index is 0.0260. The van der Waals surface area contributed by atoms with Gasteiger partial charge in [-0.3, -0.25) is 0 Å². The summed E-state index contributed by atoms with van der Waals surface area (Å²) in [4.78, 5) is 0. The average Bonchev–Trinajstić information content (AvgIpc) is 0.758.